The van der Waals surface area contributed by atoms with Gasteiger partial charge >= 0.3 is 6.03 Å². The summed E-state index contributed by atoms with van der Waals surface area (Å²) in [7, 11) is 1.60. The third-order valence-electron chi connectivity index (χ3n) is 1.62. The lowest BCUT2D eigenvalue weighted by molar-refractivity contribution is 0.129. The fraction of sp³-hybridized carbons (Fsp3) is 0.889. The number of unbranched alkanes of at least 4 members (excludes halogenated alkanes) is 1. The van der Waals surface area contributed by atoms with E-state index in [1.54, 1.807) is 7.05 Å². The van der Waals surface area contributed by atoms with Gasteiger partial charge in [0.05, 0.1) is 0 Å². The number of amides is 2. The highest BCUT2D eigenvalue weighted by molar-refractivity contribution is 5.73. The molecule has 0 aliphatic rings. The molecule has 0 fully saturated rings. The van der Waals surface area contributed by atoms with Crippen LogP contribution in [0.1, 0.15) is 26.2 Å². The summed E-state index contributed by atoms with van der Waals surface area (Å²) in [6, 6.07) is -0.131. The van der Waals surface area contributed by atoms with Gasteiger partial charge in [-0.25, -0.2) is 4.79 Å². The Morgan fingerprint density at radius 3 is 2.62 bits per heavy atom. The van der Waals surface area contributed by atoms with Crippen LogP contribution in [0.3, 0.4) is 0 Å². The molecule has 0 aromatic carbocycles. The summed E-state index contributed by atoms with van der Waals surface area (Å²) in [5.74, 6) is 0. The van der Waals surface area contributed by atoms with E-state index in [0.29, 0.717) is 6.54 Å². The van der Waals surface area contributed by atoms with Gasteiger partial charge in [0.1, 0.15) is 0 Å². The van der Waals surface area contributed by atoms with E-state index in [1.807, 2.05) is 0 Å². The highest BCUT2D eigenvalue weighted by Gasteiger charge is 1.93. The molecule has 13 heavy (non-hydrogen) atoms. The van der Waals surface area contributed by atoms with E-state index < -0.39 is 0 Å². The summed E-state index contributed by atoms with van der Waals surface area (Å²) >= 11 is 0. The van der Waals surface area contributed by atoms with Crippen molar-refractivity contribution in [3.05, 3.63) is 0 Å². The number of carbonyl (C=O) groups is 1. The van der Waals surface area contributed by atoms with Gasteiger partial charge in [0.25, 0.3) is 0 Å². The van der Waals surface area contributed by atoms with Crippen molar-refractivity contribution < 1.29 is 9.53 Å². The molecule has 0 saturated heterocycles. The average Bonchev–Trinajstić information content (AvgIpc) is 2.16. The molecular weight excluding hydrogens is 168 g/mol. The van der Waals surface area contributed by atoms with Crippen LogP contribution in [0.5, 0.6) is 0 Å². The summed E-state index contributed by atoms with van der Waals surface area (Å²) in [6.45, 7) is 4.36. The van der Waals surface area contributed by atoms with Crippen molar-refractivity contribution in [2.75, 3.05) is 26.8 Å². The highest BCUT2D eigenvalue weighted by atomic mass is 16.5. The van der Waals surface area contributed by atoms with Crippen molar-refractivity contribution in [3.8, 4) is 0 Å². The molecule has 4 heteroatoms. The third-order valence-corrected chi connectivity index (χ3v) is 1.62. The van der Waals surface area contributed by atoms with E-state index in [2.05, 4.69) is 17.6 Å². The Kier molecular flexibility index (Phi) is 8.77. The standard InChI is InChI=1S/C9H20N2O2/c1-3-4-7-13-8-5-6-11-9(12)10-2/h3-8H2,1-2H3,(H2,10,11,12). The summed E-state index contributed by atoms with van der Waals surface area (Å²) in [6.07, 6.45) is 3.15. The van der Waals surface area contributed by atoms with E-state index in [0.717, 1.165) is 32.5 Å². The van der Waals surface area contributed by atoms with Crippen molar-refractivity contribution >= 4 is 6.03 Å². The van der Waals surface area contributed by atoms with Crippen molar-refractivity contribution in [1.82, 2.24) is 10.6 Å². The van der Waals surface area contributed by atoms with E-state index >= 15 is 0 Å². The summed E-state index contributed by atoms with van der Waals surface area (Å²) in [5, 5.41) is 5.18. The molecule has 0 atom stereocenters. The first-order chi connectivity index (χ1) is 6.31. The first kappa shape index (κ1) is 12.2. The van der Waals surface area contributed by atoms with E-state index in [1.165, 1.54) is 0 Å². The predicted octanol–water partition coefficient (Wildman–Crippen LogP) is 1.12. The van der Waals surface area contributed by atoms with Crippen LogP contribution < -0.4 is 10.6 Å². The Hall–Kier alpha value is -0.770. The van der Waals surface area contributed by atoms with Gasteiger partial charge in [-0.1, -0.05) is 13.3 Å². The molecule has 0 aromatic heterocycles. The number of nitrogens with one attached hydrogen (secondary N) is 2. The maximum Gasteiger partial charge on any atom is 0.314 e. The Morgan fingerprint density at radius 2 is 2.00 bits per heavy atom. The number of hydrogen-bond acceptors (Lipinski definition) is 2. The molecule has 0 radical (unpaired) electrons. The Bertz CT molecular complexity index is 129. The summed E-state index contributed by atoms with van der Waals surface area (Å²) < 4.78 is 5.32. The van der Waals surface area contributed by atoms with Gasteiger partial charge in [0.15, 0.2) is 0 Å². The second kappa shape index (κ2) is 9.32. The lowest BCUT2D eigenvalue weighted by atomic mass is 10.4. The quantitative estimate of drug-likeness (QED) is 0.588. The van der Waals surface area contributed by atoms with Crippen LogP contribution in [-0.2, 0) is 4.74 Å². The highest BCUT2D eigenvalue weighted by Crippen LogP contribution is 1.88. The normalized spacial score (nSPS) is 9.69. The van der Waals surface area contributed by atoms with Crippen LogP contribution in [0.25, 0.3) is 0 Å². The largest absolute Gasteiger partial charge is 0.381 e. The van der Waals surface area contributed by atoms with E-state index in [-0.39, 0.29) is 6.03 Å². The first-order valence-electron chi connectivity index (χ1n) is 4.84. The molecule has 0 heterocycles. The number of rotatable bonds is 7. The average molecular weight is 188 g/mol. The molecule has 0 bridgehead atoms. The van der Waals surface area contributed by atoms with Gasteiger partial charge in [-0.2, -0.15) is 0 Å². The van der Waals surface area contributed by atoms with Gasteiger partial charge in [-0.15, -0.1) is 0 Å². The van der Waals surface area contributed by atoms with Gasteiger partial charge in [-0.05, 0) is 12.8 Å². The van der Waals surface area contributed by atoms with Gasteiger partial charge in [0.2, 0.25) is 0 Å². The monoisotopic (exact) mass is 188 g/mol. The molecule has 4 nitrogen and oxygen atoms in total. The molecule has 78 valence electrons. The van der Waals surface area contributed by atoms with Crippen LogP contribution in [0.15, 0.2) is 0 Å². The maximum absolute atomic E-state index is 10.7. The molecule has 0 spiro atoms. The Morgan fingerprint density at radius 1 is 1.31 bits per heavy atom. The summed E-state index contributed by atoms with van der Waals surface area (Å²) in [5.41, 5.74) is 0. The third kappa shape index (κ3) is 9.14. The minimum atomic E-state index is -0.131. The second-order valence-electron chi connectivity index (χ2n) is 2.83. The molecule has 0 aliphatic carbocycles. The van der Waals surface area contributed by atoms with Gasteiger partial charge < -0.3 is 15.4 Å². The molecule has 0 rings (SSSR count). The smallest absolute Gasteiger partial charge is 0.314 e. The van der Waals surface area contributed by atoms with E-state index in [9.17, 15) is 4.79 Å². The number of urea groups is 1. The van der Waals surface area contributed by atoms with Crippen LogP contribution in [0.2, 0.25) is 0 Å². The number of ether oxygens (including phenoxy) is 1. The topological polar surface area (TPSA) is 50.4 Å². The summed E-state index contributed by atoms with van der Waals surface area (Å²) in [4.78, 5) is 10.7. The molecular formula is C9H20N2O2. The lowest BCUT2D eigenvalue weighted by Gasteiger charge is -2.04. The van der Waals surface area contributed by atoms with Crippen molar-refractivity contribution in [2.24, 2.45) is 0 Å². The molecule has 0 aromatic rings. The zero-order valence-corrected chi connectivity index (χ0v) is 8.56. The molecule has 2 N–H and O–H groups in total. The molecule has 0 aliphatic heterocycles. The molecule has 0 saturated carbocycles. The second-order valence-corrected chi connectivity index (χ2v) is 2.83. The number of hydrogen-bond donors (Lipinski definition) is 2. The van der Waals surface area contributed by atoms with Crippen LogP contribution in [0, 0.1) is 0 Å². The fourth-order valence-electron chi connectivity index (χ4n) is 0.813. The molecule has 0 unspecified atom stereocenters. The van der Waals surface area contributed by atoms with E-state index in [4.69, 9.17) is 4.74 Å². The zero-order chi connectivity index (χ0) is 9.94. The van der Waals surface area contributed by atoms with Crippen LogP contribution >= 0.6 is 0 Å². The minimum absolute atomic E-state index is 0.131. The SMILES string of the molecule is CCCCOCCCNC(=O)NC. The number of carbonyl (C=O) groups excluding carboxylic acids is 1. The van der Waals surface area contributed by atoms with Crippen molar-refractivity contribution in [2.45, 2.75) is 26.2 Å². The van der Waals surface area contributed by atoms with Crippen LogP contribution in [0.4, 0.5) is 4.79 Å². The lowest BCUT2D eigenvalue weighted by Crippen LogP contribution is -2.33. The first-order valence-corrected chi connectivity index (χ1v) is 4.84. The van der Waals surface area contributed by atoms with Gasteiger partial charge in [0, 0.05) is 26.8 Å². The Balaban J connectivity index is 2.95. The van der Waals surface area contributed by atoms with Gasteiger partial charge in [-0.3, -0.25) is 0 Å². The predicted molar refractivity (Wildman–Crippen MR) is 52.8 cm³/mol. The maximum atomic E-state index is 10.7. The Labute approximate surface area is 80.0 Å². The zero-order valence-electron chi connectivity index (χ0n) is 8.56. The van der Waals surface area contributed by atoms with Crippen LogP contribution in [-0.4, -0.2) is 32.8 Å². The van der Waals surface area contributed by atoms with Crippen molar-refractivity contribution in [3.63, 3.8) is 0 Å². The fourth-order valence-corrected chi connectivity index (χ4v) is 0.813. The van der Waals surface area contributed by atoms with Crippen molar-refractivity contribution in [1.29, 1.82) is 0 Å². The molecule has 2 amide bonds. The minimum Gasteiger partial charge on any atom is -0.381 e.